The van der Waals surface area contributed by atoms with E-state index in [4.69, 9.17) is 9.47 Å². The van der Waals surface area contributed by atoms with Crippen molar-refractivity contribution in [2.24, 2.45) is 0 Å². The molecule has 1 heterocycles. The molecule has 0 fully saturated rings. The van der Waals surface area contributed by atoms with Crippen LogP contribution in [0.15, 0.2) is 54.3 Å². The Bertz CT molecular complexity index is 816. The minimum atomic E-state index is -0.454. The van der Waals surface area contributed by atoms with E-state index >= 15 is 0 Å². The van der Waals surface area contributed by atoms with Gasteiger partial charge in [0.25, 0.3) is 0 Å². The number of phenolic OH excluding ortho intramolecular Hbond substituents is 2. The predicted octanol–water partition coefficient (Wildman–Crippen LogP) is 3.09. The van der Waals surface area contributed by atoms with Crippen molar-refractivity contribution >= 4 is 17.6 Å². The Balaban J connectivity index is 1.97. The van der Waals surface area contributed by atoms with E-state index in [0.29, 0.717) is 22.6 Å². The zero-order valence-corrected chi connectivity index (χ0v) is 12.3. The number of carbonyl (C=O) groups is 1. The second-order valence-corrected chi connectivity index (χ2v) is 4.96. The van der Waals surface area contributed by atoms with E-state index in [1.165, 1.54) is 18.2 Å². The Morgan fingerprint density at radius 3 is 2.43 bits per heavy atom. The lowest BCUT2D eigenvalue weighted by atomic mass is 10.0. The van der Waals surface area contributed by atoms with Gasteiger partial charge in [0, 0.05) is 11.6 Å². The summed E-state index contributed by atoms with van der Waals surface area (Å²) in [5.41, 5.74) is 2.06. The van der Waals surface area contributed by atoms with Crippen LogP contribution in [0, 0.1) is 0 Å². The minimum absolute atomic E-state index is 0.207. The molecule has 0 amide bonds. The summed E-state index contributed by atoms with van der Waals surface area (Å²) in [7, 11) is 1.58. The number of methoxy groups -OCH3 is 1. The van der Waals surface area contributed by atoms with Gasteiger partial charge in [-0.2, -0.15) is 0 Å². The van der Waals surface area contributed by atoms with E-state index in [-0.39, 0.29) is 11.5 Å². The topological polar surface area (TPSA) is 76.0 Å². The van der Waals surface area contributed by atoms with Crippen LogP contribution < -0.4 is 4.74 Å². The van der Waals surface area contributed by atoms with Crippen LogP contribution in [-0.4, -0.2) is 23.3 Å². The van der Waals surface area contributed by atoms with Gasteiger partial charge in [0.1, 0.15) is 11.5 Å². The summed E-state index contributed by atoms with van der Waals surface area (Å²) in [6, 6.07) is 11.6. The van der Waals surface area contributed by atoms with Crippen LogP contribution in [0.4, 0.5) is 0 Å². The molecule has 2 aromatic rings. The van der Waals surface area contributed by atoms with Crippen molar-refractivity contribution < 1.29 is 24.5 Å². The van der Waals surface area contributed by atoms with Gasteiger partial charge in [-0.3, -0.25) is 0 Å². The highest BCUT2D eigenvalue weighted by Crippen LogP contribution is 2.33. The number of cyclic esters (lactones) is 1. The van der Waals surface area contributed by atoms with Crippen LogP contribution in [0.3, 0.4) is 0 Å². The first-order chi connectivity index (χ1) is 11.1. The molecule has 0 aliphatic carbocycles. The molecule has 0 aromatic heterocycles. The zero-order chi connectivity index (χ0) is 16.4. The van der Waals surface area contributed by atoms with Crippen LogP contribution in [0.1, 0.15) is 11.1 Å². The van der Waals surface area contributed by atoms with Gasteiger partial charge in [-0.05, 0) is 41.5 Å². The van der Waals surface area contributed by atoms with Crippen molar-refractivity contribution in [2.75, 3.05) is 7.11 Å². The molecule has 0 bridgehead atoms. The molecule has 23 heavy (non-hydrogen) atoms. The van der Waals surface area contributed by atoms with E-state index in [9.17, 15) is 15.0 Å². The standard InChI is InChI=1S/C18H14O5/c1-22-13-5-3-12(4-6-13)14-10-18(21)23-17(14)9-11-2-7-15(19)16(20)8-11/h2-10,19-20H,1H3. The van der Waals surface area contributed by atoms with Gasteiger partial charge in [0.15, 0.2) is 11.5 Å². The van der Waals surface area contributed by atoms with Crippen LogP contribution >= 0.6 is 0 Å². The van der Waals surface area contributed by atoms with E-state index in [2.05, 4.69) is 0 Å². The molecule has 5 heteroatoms. The van der Waals surface area contributed by atoms with Crippen LogP contribution in [-0.2, 0) is 9.53 Å². The third-order valence-electron chi connectivity index (χ3n) is 3.44. The number of carbonyl (C=O) groups excluding carboxylic acids is 1. The highest BCUT2D eigenvalue weighted by atomic mass is 16.5. The third-order valence-corrected chi connectivity index (χ3v) is 3.44. The molecule has 0 radical (unpaired) electrons. The summed E-state index contributed by atoms with van der Waals surface area (Å²) in [5.74, 6) is 0.198. The lowest BCUT2D eigenvalue weighted by molar-refractivity contribution is -0.132. The van der Waals surface area contributed by atoms with Gasteiger partial charge in [0.2, 0.25) is 0 Å². The monoisotopic (exact) mass is 310 g/mol. The number of aromatic hydroxyl groups is 2. The second kappa shape index (κ2) is 5.88. The number of hydrogen-bond donors (Lipinski definition) is 2. The smallest absolute Gasteiger partial charge is 0.336 e. The van der Waals surface area contributed by atoms with E-state index < -0.39 is 5.97 Å². The van der Waals surface area contributed by atoms with Gasteiger partial charge in [0.05, 0.1) is 7.11 Å². The average Bonchev–Trinajstić information content (AvgIpc) is 2.91. The Labute approximate surface area is 132 Å². The first kappa shape index (κ1) is 14.7. The fourth-order valence-electron chi connectivity index (χ4n) is 2.27. The Morgan fingerprint density at radius 2 is 1.78 bits per heavy atom. The quantitative estimate of drug-likeness (QED) is 0.673. The molecule has 5 nitrogen and oxygen atoms in total. The number of ether oxygens (including phenoxy) is 2. The van der Waals surface area contributed by atoms with Crippen molar-refractivity contribution in [3.8, 4) is 17.2 Å². The van der Waals surface area contributed by atoms with Crippen molar-refractivity contribution in [3.05, 3.63) is 65.4 Å². The number of allylic oxidation sites excluding steroid dienone is 1. The first-order valence-corrected chi connectivity index (χ1v) is 6.89. The first-order valence-electron chi connectivity index (χ1n) is 6.89. The molecule has 3 rings (SSSR count). The highest BCUT2D eigenvalue weighted by molar-refractivity contribution is 6.03. The predicted molar refractivity (Wildman–Crippen MR) is 84.8 cm³/mol. The molecular formula is C18H14O5. The molecule has 0 atom stereocenters. The molecule has 0 spiro atoms. The Kier molecular flexibility index (Phi) is 3.76. The molecular weight excluding hydrogens is 296 g/mol. The van der Waals surface area contributed by atoms with Crippen molar-refractivity contribution in [1.29, 1.82) is 0 Å². The van der Waals surface area contributed by atoms with Crippen LogP contribution in [0.5, 0.6) is 17.2 Å². The maximum absolute atomic E-state index is 11.6. The maximum Gasteiger partial charge on any atom is 0.336 e. The molecule has 0 unspecified atom stereocenters. The number of phenols is 2. The van der Waals surface area contributed by atoms with Gasteiger partial charge in [-0.15, -0.1) is 0 Å². The molecule has 0 saturated heterocycles. The van der Waals surface area contributed by atoms with Gasteiger partial charge < -0.3 is 19.7 Å². The molecule has 0 saturated carbocycles. The number of benzene rings is 2. The number of rotatable bonds is 3. The van der Waals surface area contributed by atoms with Crippen molar-refractivity contribution in [3.63, 3.8) is 0 Å². The minimum Gasteiger partial charge on any atom is -0.504 e. The Hall–Kier alpha value is -3.21. The fraction of sp³-hybridized carbons (Fsp3) is 0.0556. The largest absolute Gasteiger partial charge is 0.504 e. The average molecular weight is 310 g/mol. The maximum atomic E-state index is 11.6. The van der Waals surface area contributed by atoms with E-state index in [1.807, 2.05) is 12.1 Å². The summed E-state index contributed by atoms with van der Waals surface area (Å²) in [6.07, 6.45) is 3.04. The molecule has 1 aliphatic heterocycles. The van der Waals surface area contributed by atoms with Gasteiger partial charge >= 0.3 is 5.97 Å². The van der Waals surface area contributed by atoms with Crippen LogP contribution in [0.25, 0.3) is 11.6 Å². The van der Waals surface area contributed by atoms with Crippen molar-refractivity contribution in [1.82, 2.24) is 0 Å². The second-order valence-electron chi connectivity index (χ2n) is 4.96. The van der Waals surface area contributed by atoms with Crippen LogP contribution in [0.2, 0.25) is 0 Å². The molecule has 1 aliphatic rings. The zero-order valence-electron chi connectivity index (χ0n) is 12.3. The summed E-state index contributed by atoms with van der Waals surface area (Å²) >= 11 is 0. The lowest BCUT2D eigenvalue weighted by Crippen LogP contribution is -1.92. The summed E-state index contributed by atoms with van der Waals surface area (Å²) in [4.78, 5) is 11.6. The molecule has 2 N–H and O–H groups in total. The van der Waals surface area contributed by atoms with Gasteiger partial charge in [-0.1, -0.05) is 18.2 Å². The van der Waals surface area contributed by atoms with E-state index in [1.54, 1.807) is 31.4 Å². The molecule has 116 valence electrons. The summed E-state index contributed by atoms with van der Waals surface area (Å²) in [6.45, 7) is 0. The lowest BCUT2D eigenvalue weighted by Gasteiger charge is -2.07. The van der Waals surface area contributed by atoms with Gasteiger partial charge in [-0.25, -0.2) is 4.79 Å². The normalized spacial score (nSPS) is 15.4. The summed E-state index contributed by atoms with van der Waals surface area (Å²) in [5, 5.41) is 18.9. The number of hydrogen-bond acceptors (Lipinski definition) is 5. The fourth-order valence-corrected chi connectivity index (χ4v) is 2.27. The third kappa shape index (κ3) is 3.03. The van der Waals surface area contributed by atoms with Crippen molar-refractivity contribution in [2.45, 2.75) is 0 Å². The number of esters is 1. The summed E-state index contributed by atoms with van der Waals surface area (Å²) < 4.78 is 10.3. The molecule has 2 aromatic carbocycles. The highest BCUT2D eigenvalue weighted by Gasteiger charge is 2.21. The SMILES string of the molecule is COc1ccc(C2=CC(=O)OC2=Cc2ccc(O)c(O)c2)cc1. The Morgan fingerprint density at radius 1 is 1.04 bits per heavy atom. The van der Waals surface area contributed by atoms with E-state index in [0.717, 1.165) is 5.56 Å².